The van der Waals surface area contributed by atoms with Gasteiger partial charge in [0.15, 0.2) is 5.82 Å². The second kappa shape index (κ2) is 8.44. The van der Waals surface area contributed by atoms with Gasteiger partial charge >= 0.3 is 5.76 Å². The summed E-state index contributed by atoms with van der Waals surface area (Å²) < 4.78 is 44.5. The molecule has 0 bridgehead atoms. The largest absolute Gasteiger partial charge is 0.439 e. The Bertz CT molecular complexity index is 1240. The van der Waals surface area contributed by atoms with Crippen LogP contribution in [0, 0.1) is 11.7 Å². The van der Waals surface area contributed by atoms with E-state index in [2.05, 4.69) is 20.0 Å². The van der Waals surface area contributed by atoms with Crippen molar-refractivity contribution in [2.24, 2.45) is 5.92 Å². The Morgan fingerprint density at radius 2 is 1.87 bits per heavy atom. The lowest BCUT2D eigenvalue weighted by Gasteiger charge is -2.31. The van der Waals surface area contributed by atoms with E-state index in [0.717, 1.165) is 12.1 Å². The van der Waals surface area contributed by atoms with Gasteiger partial charge in [0.2, 0.25) is 15.9 Å². The van der Waals surface area contributed by atoms with Crippen molar-refractivity contribution in [3.63, 3.8) is 0 Å². The molecule has 1 atom stereocenters. The molecule has 1 aliphatic heterocycles. The molecular formula is C20H19FN4O5S. The first kappa shape index (κ1) is 20.9. The van der Waals surface area contributed by atoms with Crippen molar-refractivity contribution in [3.05, 3.63) is 64.9 Å². The van der Waals surface area contributed by atoms with Gasteiger partial charge in [0.05, 0.1) is 10.8 Å². The van der Waals surface area contributed by atoms with Gasteiger partial charge in [-0.3, -0.25) is 14.3 Å². The number of carbonyl (C=O) groups is 1. The van der Waals surface area contributed by atoms with Crippen LogP contribution in [0.15, 0.2) is 62.7 Å². The fourth-order valence-electron chi connectivity index (χ4n) is 3.44. The maximum Gasteiger partial charge on any atom is 0.439 e. The van der Waals surface area contributed by atoms with Gasteiger partial charge in [-0.25, -0.2) is 17.6 Å². The first-order valence-electron chi connectivity index (χ1n) is 9.56. The van der Waals surface area contributed by atoms with E-state index >= 15 is 0 Å². The highest BCUT2D eigenvalue weighted by atomic mass is 32.2. The first-order valence-corrected chi connectivity index (χ1v) is 11.0. The fraction of sp³-hybridized carbons (Fsp3) is 0.250. The van der Waals surface area contributed by atoms with Gasteiger partial charge in [0, 0.05) is 24.3 Å². The van der Waals surface area contributed by atoms with E-state index < -0.39 is 27.5 Å². The number of benzene rings is 2. The molecule has 0 aliphatic carbocycles. The van der Waals surface area contributed by atoms with E-state index in [9.17, 15) is 22.4 Å². The van der Waals surface area contributed by atoms with Crippen molar-refractivity contribution < 1.29 is 22.1 Å². The molecule has 1 saturated heterocycles. The van der Waals surface area contributed by atoms with Gasteiger partial charge in [-0.1, -0.05) is 5.16 Å². The summed E-state index contributed by atoms with van der Waals surface area (Å²) in [6, 6.07) is 11.3. The summed E-state index contributed by atoms with van der Waals surface area (Å²) in [6.45, 7) is 0.345. The van der Waals surface area contributed by atoms with E-state index in [1.165, 1.54) is 16.4 Å². The van der Waals surface area contributed by atoms with Crippen molar-refractivity contribution in [1.29, 1.82) is 0 Å². The molecule has 2 heterocycles. The van der Waals surface area contributed by atoms with Gasteiger partial charge < -0.3 is 5.32 Å². The monoisotopic (exact) mass is 446 g/mol. The number of nitrogens with zero attached hydrogens (tertiary/aromatic N) is 2. The Balaban J connectivity index is 1.43. The number of nitrogens with one attached hydrogen (secondary N) is 2. The molecule has 2 aromatic carbocycles. The van der Waals surface area contributed by atoms with Gasteiger partial charge in [-0.05, 0) is 61.4 Å². The van der Waals surface area contributed by atoms with Crippen LogP contribution in [0.3, 0.4) is 0 Å². The minimum absolute atomic E-state index is 0.00329. The van der Waals surface area contributed by atoms with Crippen LogP contribution >= 0.6 is 0 Å². The highest BCUT2D eigenvalue weighted by Crippen LogP contribution is 2.25. The van der Waals surface area contributed by atoms with E-state index in [1.807, 2.05) is 0 Å². The van der Waals surface area contributed by atoms with E-state index in [4.69, 9.17) is 0 Å². The van der Waals surface area contributed by atoms with Crippen LogP contribution in [0.4, 0.5) is 10.1 Å². The molecule has 0 spiro atoms. The number of H-pyrrole nitrogens is 1. The standard InChI is InChI=1S/C20H19FN4O5S/c21-15-5-9-17(10-6-15)31(28,29)25-11-1-2-14(12-25)19(26)22-16-7-3-13(4-8-16)18-23-20(27)30-24-18/h3-10,14H,1-2,11-12H2,(H,22,26)(H,23,24,27). The number of hydrogen-bond acceptors (Lipinski definition) is 6. The molecule has 0 saturated carbocycles. The molecule has 9 nitrogen and oxygen atoms in total. The Morgan fingerprint density at radius 1 is 1.16 bits per heavy atom. The maximum atomic E-state index is 13.1. The van der Waals surface area contributed by atoms with Gasteiger partial charge in [-0.15, -0.1) is 0 Å². The zero-order valence-electron chi connectivity index (χ0n) is 16.2. The molecule has 162 valence electrons. The molecule has 4 rings (SSSR count). The minimum atomic E-state index is -3.81. The van der Waals surface area contributed by atoms with E-state index in [0.29, 0.717) is 30.6 Å². The quantitative estimate of drug-likeness (QED) is 0.619. The highest BCUT2D eigenvalue weighted by molar-refractivity contribution is 7.89. The summed E-state index contributed by atoms with van der Waals surface area (Å²) in [6.07, 6.45) is 1.09. The lowest BCUT2D eigenvalue weighted by Crippen LogP contribution is -2.43. The molecule has 1 unspecified atom stereocenters. The van der Waals surface area contributed by atoms with Crippen LogP contribution in [0.5, 0.6) is 0 Å². The summed E-state index contributed by atoms with van der Waals surface area (Å²) in [5.74, 6) is -1.71. The SMILES string of the molecule is O=C(Nc1ccc(-c2noc(=O)[nH]2)cc1)C1CCCN(S(=O)(=O)c2ccc(F)cc2)C1. The topological polar surface area (TPSA) is 125 Å². The molecular weight excluding hydrogens is 427 g/mol. The van der Waals surface area contributed by atoms with Crippen molar-refractivity contribution in [1.82, 2.24) is 14.4 Å². The van der Waals surface area contributed by atoms with Crippen molar-refractivity contribution in [2.75, 3.05) is 18.4 Å². The number of halogens is 1. The molecule has 2 N–H and O–H groups in total. The number of rotatable bonds is 5. The van der Waals surface area contributed by atoms with Gasteiger partial charge in [-0.2, -0.15) is 4.31 Å². The zero-order chi connectivity index (χ0) is 22.0. The maximum absolute atomic E-state index is 13.1. The molecule has 1 amide bonds. The van der Waals surface area contributed by atoms with Crippen molar-refractivity contribution in [3.8, 4) is 11.4 Å². The Morgan fingerprint density at radius 3 is 2.52 bits per heavy atom. The second-order valence-corrected chi connectivity index (χ2v) is 9.10. The summed E-state index contributed by atoms with van der Waals surface area (Å²) in [5, 5.41) is 6.39. The Hall–Kier alpha value is -3.31. The van der Waals surface area contributed by atoms with Gasteiger partial charge in [0.25, 0.3) is 0 Å². The van der Waals surface area contributed by atoms with Crippen LogP contribution in [-0.4, -0.2) is 41.9 Å². The number of aromatic amines is 1. The van der Waals surface area contributed by atoms with E-state index in [-0.39, 0.29) is 23.2 Å². The van der Waals surface area contributed by atoms with E-state index in [1.54, 1.807) is 24.3 Å². The predicted molar refractivity (Wildman–Crippen MR) is 109 cm³/mol. The number of sulfonamides is 1. The van der Waals surface area contributed by atoms with Crippen LogP contribution in [-0.2, 0) is 14.8 Å². The number of piperidine rings is 1. The Kier molecular flexibility index (Phi) is 5.70. The third-order valence-corrected chi connectivity index (χ3v) is 6.95. The van der Waals surface area contributed by atoms with Crippen LogP contribution in [0.1, 0.15) is 12.8 Å². The van der Waals surface area contributed by atoms with Crippen LogP contribution in [0.25, 0.3) is 11.4 Å². The second-order valence-electron chi connectivity index (χ2n) is 7.17. The summed E-state index contributed by atoms with van der Waals surface area (Å²) in [7, 11) is -3.81. The molecule has 0 radical (unpaired) electrons. The molecule has 11 heteroatoms. The average Bonchev–Trinajstić information content (AvgIpc) is 3.21. The third kappa shape index (κ3) is 4.57. The Labute approximate surface area is 176 Å². The lowest BCUT2D eigenvalue weighted by molar-refractivity contribution is -0.120. The number of amides is 1. The summed E-state index contributed by atoms with van der Waals surface area (Å²) >= 11 is 0. The van der Waals surface area contributed by atoms with Crippen molar-refractivity contribution in [2.45, 2.75) is 17.7 Å². The third-order valence-electron chi connectivity index (χ3n) is 5.07. The predicted octanol–water partition coefficient (Wildman–Crippen LogP) is 2.21. The molecule has 31 heavy (non-hydrogen) atoms. The van der Waals surface area contributed by atoms with Crippen LogP contribution in [0.2, 0.25) is 0 Å². The first-order chi connectivity index (χ1) is 14.8. The average molecular weight is 446 g/mol. The molecule has 1 fully saturated rings. The zero-order valence-corrected chi connectivity index (χ0v) is 17.1. The minimum Gasteiger partial charge on any atom is -0.326 e. The fourth-order valence-corrected chi connectivity index (χ4v) is 4.96. The summed E-state index contributed by atoms with van der Waals surface area (Å²) in [5.41, 5.74) is 1.14. The number of anilines is 1. The van der Waals surface area contributed by atoms with Crippen molar-refractivity contribution >= 4 is 21.6 Å². The summed E-state index contributed by atoms with van der Waals surface area (Å²) in [4.78, 5) is 26.2. The highest BCUT2D eigenvalue weighted by Gasteiger charge is 2.33. The molecule has 1 aliphatic rings. The number of carbonyl (C=O) groups excluding carboxylic acids is 1. The molecule has 3 aromatic rings. The number of aromatic nitrogens is 2. The van der Waals surface area contributed by atoms with Gasteiger partial charge in [0.1, 0.15) is 5.82 Å². The smallest absolute Gasteiger partial charge is 0.326 e. The van der Waals surface area contributed by atoms with Crippen LogP contribution < -0.4 is 11.1 Å². The normalized spacial score (nSPS) is 17.4. The lowest BCUT2D eigenvalue weighted by atomic mass is 9.98. The molecule has 1 aromatic heterocycles. The number of hydrogen-bond donors (Lipinski definition) is 2.